The summed E-state index contributed by atoms with van der Waals surface area (Å²) < 4.78 is 11.1. The van der Waals surface area contributed by atoms with Gasteiger partial charge >= 0.3 is 0 Å². The van der Waals surface area contributed by atoms with E-state index in [1.54, 1.807) is 23.1 Å². The quantitative estimate of drug-likeness (QED) is 0.605. The third-order valence-electron chi connectivity index (χ3n) is 4.95. The maximum atomic E-state index is 13.0. The summed E-state index contributed by atoms with van der Waals surface area (Å²) in [4.78, 5) is 41.3. The van der Waals surface area contributed by atoms with Crippen molar-refractivity contribution in [2.75, 3.05) is 31.6 Å². The first kappa shape index (κ1) is 20.3. The van der Waals surface area contributed by atoms with Gasteiger partial charge in [-0.05, 0) is 31.2 Å². The van der Waals surface area contributed by atoms with Crippen LogP contribution in [0.1, 0.15) is 37.9 Å². The largest absolute Gasteiger partial charge is 0.449 e. The Morgan fingerprint density at radius 1 is 1.07 bits per heavy atom. The van der Waals surface area contributed by atoms with E-state index in [9.17, 15) is 14.4 Å². The van der Waals surface area contributed by atoms with Crippen LogP contribution >= 0.6 is 11.3 Å². The molecule has 1 saturated heterocycles. The molecule has 1 N–H and O–H groups in total. The number of morpholine rings is 1. The molecule has 0 spiro atoms. The minimum absolute atomic E-state index is 0.0282. The maximum Gasteiger partial charge on any atom is 0.291 e. The minimum Gasteiger partial charge on any atom is -0.449 e. The molecule has 0 aliphatic carbocycles. The predicted molar refractivity (Wildman–Crippen MR) is 114 cm³/mol. The molecule has 1 aromatic carbocycles. The van der Waals surface area contributed by atoms with Crippen molar-refractivity contribution < 1.29 is 23.5 Å². The zero-order chi connectivity index (χ0) is 21.1. The van der Waals surface area contributed by atoms with E-state index in [1.807, 2.05) is 25.1 Å². The molecule has 1 aliphatic heterocycles. The van der Waals surface area contributed by atoms with Crippen LogP contribution in [-0.2, 0) is 9.53 Å². The molecule has 3 heterocycles. The Balaban J connectivity index is 1.51. The molecule has 8 heteroatoms. The number of para-hydroxylation sites is 1. The van der Waals surface area contributed by atoms with Gasteiger partial charge in [-0.25, -0.2) is 0 Å². The summed E-state index contributed by atoms with van der Waals surface area (Å²) in [7, 11) is 0. The van der Waals surface area contributed by atoms with Crippen LogP contribution < -0.4 is 5.32 Å². The first-order chi connectivity index (χ1) is 14.5. The summed E-state index contributed by atoms with van der Waals surface area (Å²) in [6, 6.07) is 10.8. The van der Waals surface area contributed by atoms with Gasteiger partial charge in [0.2, 0.25) is 11.7 Å². The number of hydrogen-bond acceptors (Lipinski definition) is 6. The van der Waals surface area contributed by atoms with Crippen LogP contribution in [0.5, 0.6) is 0 Å². The molecule has 0 unspecified atom stereocenters. The summed E-state index contributed by atoms with van der Waals surface area (Å²) in [5, 5.41) is 3.46. The fourth-order valence-electron chi connectivity index (χ4n) is 3.37. The van der Waals surface area contributed by atoms with E-state index in [0.717, 1.165) is 4.88 Å². The molecule has 7 nitrogen and oxygen atoms in total. The number of furan rings is 1. The summed E-state index contributed by atoms with van der Waals surface area (Å²) in [5.74, 6) is -0.578. The van der Waals surface area contributed by atoms with Crippen molar-refractivity contribution in [1.29, 1.82) is 0 Å². The normalized spacial score (nSPS) is 14.1. The molecular formula is C22H22N2O5S. The predicted octanol–water partition coefficient (Wildman–Crippen LogP) is 3.88. The summed E-state index contributed by atoms with van der Waals surface area (Å²) in [6.07, 6.45) is 0.134. The highest BCUT2D eigenvalue weighted by Gasteiger charge is 2.27. The summed E-state index contributed by atoms with van der Waals surface area (Å²) in [6.45, 7) is 3.82. The molecule has 3 aromatic rings. The van der Waals surface area contributed by atoms with Gasteiger partial charge in [-0.1, -0.05) is 12.1 Å². The highest BCUT2D eigenvalue weighted by atomic mass is 32.1. The Hall–Kier alpha value is -2.97. The minimum atomic E-state index is -0.334. The molecule has 0 bridgehead atoms. The monoisotopic (exact) mass is 426 g/mol. The first-order valence-electron chi connectivity index (χ1n) is 9.81. The van der Waals surface area contributed by atoms with E-state index >= 15 is 0 Å². The Kier molecular flexibility index (Phi) is 5.96. The molecule has 2 amide bonds. The van der Waals surface area contributed by atoms with Gasteiger partial charge in [0.25, 0.3) is 5.91 Å². The molecule has 2 aromatic heterocycles. The number of ketones is 1. The zero-order valence-corrected chi connectivity index (χ0v) is 17.4. The van der Waals surface area contributed by atoms with Crippen molar-refractivity contribution in [3.63, 3.8) is 0 Å². The number of fused-ring (bicyclic) bond motifs is 1. The van der Waals surface area contributed by atoms with Crippen molar-refractivity contribution in [2.45, 2.75) is 19.8 Å². The van der Waals surface area contributed by atoms with E-state index in [0.29, 0.717) is 47.8 Å². The van der Waals surface area contributed by atoms with Crippen LogP contribution in [0.4, 0.5) is 5.69 Å². The van der Waals surface area contributed by atoms with E-state index in [1.165, 1.54) is 11.3 Å². The average Bonchev–Trinajstić information content (AvgIpc) is 3.36. The number of anilines is 1. The zero-order valence-electron chi connectivity index (χ0n) is 16.6. The standard InChI is InChI=1S/C22H22N2O5S/c1-14-6-8-18(30-14)16(25)7-9-19(26)23-20-15-4-2-3-5-17(15)29-21(20)22(27)24-10-12-28-13-11-24/h2-6,8H,7,9-13H2,1H3,(H,23,26). The number of Topliss-reactive ketones (excluding diaryl/α,β-unsaturated/α-hetero) is 1. The van der Waals surface area contributed by atoms with Crippen LogP contribution in [0.2, 0.25) is 0 Å². The first-order valence-corrected chi connectivity index (χ1v) is 10.6. The number of nitrogens with zero attached hydrogens (tertiary/aromatic N) is 1. The van der Waals surface area contributed by atoms with E-state index in [2.05, 4.69) is 5.32 Å². The van der Waals surface area contributed by atoms with Crippen LogP contribution in [0, 0.1) is 6.92 Å². The fourth-order valence-corrected chi connectivity index (χ4v) is 4.20. The lowest BCUT2D eigenvalue weighted by Crippen LogP contribution is -2.40. The summed E-state index contributed by atoms with van der Waals surface area (Å²) >= 11 is 1.42. The average molecular weight is 426 g/mol. The second kappa shape index (κ2) is 8.81. The SMILES string of the molecule is Cc1ccc(C(=O)CCC(=O)Nc2c(C(=O)N3CCOCC3)oc3ccccc23)s1. The molecule has 4 rings (SSSR count). The van der Waals surface area contributed by atoms with Gasteiger partial charge < -0.3 is 19.4 Å². The lowest BCUT2D eigenvalue weighted by molar-refractivity contribution is -0.116. The van der Waals surface area contributed by atoms with Crippen LogP contribution in [-0.4, -0.2) is 48.8 Å². The van der Waals surface area contributed by atoms with E-state index < -0.39 is 0 Å². The van der Waals surface area contributed by atoms with Crippen molar-refractivity contribution in [2.24, 2.45) is 0 Å². The molecule has 0 saturated carbocycles. The second-order valence-corrected chi connectivity index (χ2v) is 8.38. The van der Waals surface area contributed by atoms with Gasteiger partial charge in [0.05, 0.1) is 18.1 Å². The number of thiophene rings is 1. The number of ether oxygens (including phenoxy) is 1. The van der Waals surface area contributed by atoms with E-state index in [-0.39, 0.29) is 36.2 Å². The number of benzene rings is 1. The molecular weight excluding hydrogens is 404 g/mol. The van der Waals surface area contributed by atoms with Gasteiger partial charge in [0.15, 0.2) is 5.78 Å². The fraction of sp³-hybridized carbons (Fsp3) is 0.318. The Morgan fingerprint density at radius 2 is 1.83 bits per heavy atom. The number of carbonyl (C=O) groups excluding carboxylic acids is 3. The third kappa shape index (κ3) is 4.29. The lowest BCUT2D eigenvalue weighted by Gasteiger charge is -2.26. The summed E-state index contributed by atoms with van der Waals surface area (Å²) in [5.41, 5.74) is 0.876. The molecule has 156 valence electrons. The molecule has 30 heavy (non-hydrogen) atoms. The highest BCUT2D eigenvalue weighted by molar-refractivity contribution is 7.14. The molecule has 1 aliphatic rings. The number of rotatable bonds is 6. The van der Waals surface area contributed by atoms with Crippen molar-refractivity contribution in [3.05, 3.63) is 51.9 Å². The smallest absolute Gasteiger partial charge is 0.291 e. The van der Waals surface area contributed by atoms with Gasteiger partial charge in [0.1, 0.15) is 11.3 Å². The second-order valence-electron chi connectivity index (χ2n) is 7.09. The Labute approximate surface area is 177 Å². The third-order valence-corrected chi connectivity index (χ3v) is 5.99. The van der Waals surface area contributed by atoms with Gasteiger partial charge in [0, 0.05) is 36.2 Å². The van der Waals surface area contributed by atoms with Crippen LogP contribution in [0.25, 0.3) is 11.0 Å². The van der Waals surface area contributed by atoms with Gasteiger partial charge in [-0.2, -0.15) is 0 Å². The van der Waals surface area contributed by atoms with Gasteiger partial charge in [-0.15, -0.1) is 11.3 Å². The van der Waals surface area contributed by atoms with Crippen molar-refractivity contribution >= 4 is 45.6 Å². The number of carbonyl (C=O) groups is 3. The molecule has 0 radical (unpaired) electrons. The van der Waals surface area contributed by atoms with Crippen molar-refractivity contribution in [1.82, 2.24) is 4.90 Å². The molecule has 1 fully saturated rings. The Morgan fingerprint density at radius 3 is 2.57 bits per heavy atom. The lowest BCUT2D eigenvalue weighted by atomic mass is 10.1. The maximum absolute atomic E-state index is 13.0. The number of hydrogen-bond donors (Lipinski definition) is 1. The number of aryl methyl sites for hydroxylation is 1. The topological polar surface area (TPSA) is 88.9 Å². The number of nitrogens with one attached hydrogen (secondary N) is 1. The van der Waals surface area contributed by atoms with Crippen LogP contribution in [0.3, 0.4) is 0 Å². The Bertz CT molecular complexity index is 1090. The highest BCUT2D eigenvalue weighted by Crippen LogP contribution is 2.32. The van der Waals surface area contributed by atoms with Gasteiger partial charge in [-0.3, -0.25) is 14.4 Å². The van der Waals surface area contributed by atoms with Crippen LogP contribution in [0.15, 0.2) is 40.8 Å². The van der Waals surface area contributed by atoms with E-state index in [4.69, 9.17) is 9.15 Å². The number of amides is 2. The van der Waals surface area contributed by atoms with Crippen molar-refractivity contribution in [3.8, 4) is 0 Å². The molecule has 0 atom stereocenters.